The highest BCUT2D eigenvalue weighted by Crippen LogP contribution is 2.17. The summed E-state index contributed by atoms with van der Waals surface area (Å²) in [4.78, 5) is 2.67. The molecule has 90 valence electrons. The molecule has 0 aliphatic carbocycles. The van der Waals surface area contributed by atoms with Crippen LogP contribution in [0.1, 0.15) is 52.9 Å². The van der Waals surface area contributed by atoms with Gasteiger partial charge in [0.2, 0.25) is 0 Å². The predicted octanol–water partition coefficient (Wildman–Crippen LogP) is 2.64. The first-order chi connectivity index (χ1) is 7.17. The summed E-state index contributed by atoms with van der Waals surface area (Å²) >= 11 is 0. The van der Waals surface area contributed by atoms with Crippen molar-refractivity contribution in [3.05, 3.63) is 0 Å². The van der Waals surface area contributed by atoms with E-state index in [4.69, 9.17) is 0 Å². The molecular weight excluding hydrogens is 184 g/mol. The van der Waals surface area contributed by atoms with E-state index in [1.807, 2.05) is 0 Å². The summed E-state index contributed by atoms with van der Waals surface area (Å²) < 4.78 is 0. The first-order valence-electron chi connectivity index (χ1n) is 6.62. The van der Waals surface area contributed by atoms with Gasteiger partial charge in [0.05, 0.1) is 0 Å². The number of nitrogens with one attached hydrogen (secondary N) is 1. The molecular formula is C13H28N2. The predicted molar refractivity (Wildman–Crippen MR) is 67.3 cm³/mol. The molecule has 1 N–H and O–H groups in total. The lowest BCUT2D eigenvalue weighted by atomic mass is 10.0. The van der Waals surface area contributed by atoms with Crippen molar-refractivity contribution in [1.29, 1.82) is 0 Å². The molecule has 1 rings (SSSR count). The van der Waals surface area contributed by atoms with E-state index in [1.54, 1.807) is 0 Å². The van der Waals surface area contributed by atoms with E-state index >= 15 is 0 Å². The summed E-state index contributed by atoms with van der Waals surface area (Å²) in [6.07, 6.45) is 6.81. The maximum atomic E-state index is 3.53. The van der Waals surface area contributed by atoms with Crippen LogP contribution in [0.2, 0.25) is 0 Å². The third-order valence-corrected chi connectivity index (χ3v) is 3.48. The highest BCUT2D eigenvalue weighted by molar-refractivity contribution is 4.86. The molecule has 15 heavy (non-hydrogen) atoms. The van der Waals surface area contributed by atoms with Crippen molar-refractivity contribution < 1.29 is 0 Å². The zero-order valence-corrected chi connectivity index (χ0v) is 10.8. The van der Waals surface area contributed by atoms with Crippen LogP contribution in [0, 0.1) is 0 Å². The molecule has 0 spiro atoms. The molecule has 0 saturated carbocycles. The van der Waals surface area contributed by atoms with E-state index in [9.17, 15) is 0 Å². The van der Waals surface area contributed by atoms with E-state index in [0.717, 1.165) is 6.54 Å². The molecule has 2 heteroatoms. The minimum atomic E-state index is 0.350. The Bertz CT molecular complexity index is 166. The van der Waals surface area contributed by atoms with Gasteiger partial charge in [-0.3, -0.25) is 4.90 Å². The molecule has 0 aromatic rings. The largest absolute Gasteiger partial charge is 0.315 e. The summed E-state index contributed by atoms with van der Waals surface area (Å²) in [5.74, 6) is 0. The van der Waals surface area contributed by atoms with Crippen LogP contribution >= 0.6 is 0 Å². The second-order valence-corrected chi connectivity index (χ2v) is 5.39. The lowest BCUT2D eigenvalue weighted by Crippen LogP contribution is -2.48. The maximum absolute atomic E-state index is 3.53. The average Bonchev–Trinajstić information content (AvgIpc) is 2.35. The zero-order valence-electron chi connectivity index (χ0n) is 10.8. The number of rotatable bonds is 5. The van der Waals surface area contributed by atoms with Crippen molar-refractivity contribution in [1.82, 2.24) is 10.2 Å². The van der Waals surface area contributed by atoms with E-state index in [2.05, 4.69) is 31.0 Å². The normalized spacial score (nSPS) is 22.6. The van der Waals surface area contributed by atoms with Gasteiger partial charge in [0.15, 0.2) is 0 Å². The van der Waals surface area contributed by atoms with Crippen molar-refractivity contribution in [3.63, 3.8) is 0 Å². The minimum absolute atomic E-state index is 0.350. The van der Waals surface area contributed by atoms with E-state index in [1.165, 1.54) is 51.7 Å². The maximum Gasteiger partial charge on any atom is 0.0277 e. The van der Waals surface area contributed by atoms with E-state index in [0.29, 0.717) is 5.54 Å². The molecule has 1 fully saturated rings. The van der Waals surface area contributed by atoms with Crippen LogP contribution in [0.5, 0.6) is 0 Å². The van der Waals surface area contributed by atoms with Gasteiger partial charge in [0, 0.05) is 12.1 Å². The molecule has 0 unspecified atom stereocenters. The quantitative estimate of drug-likeness (QED) is 0.705. The second kappa shape index (κ2) is 6.49. The SMILES string of the molecule is CCCCCCN1CCCNCC1(C)C. The lowest BCUT2D eigenvalue weighted by Gasteiger charge is -2.37. The van der Waals surface area contributed by atoms with Crippen LogP contribution < -0.4 is 5.32 Å². The van der Waals surface area contributed by atoms with Crippen LogP contribution in [0.3, 0.4) is 0 Å². The molecule has 0 amide bonds. The lowest BCUT2D eigenvalue weighted by molar-refractivity contribution is 0.130. The Labute approximate surface area is 95.4 Å². The smallest absolute Gasteiger partial charge is 0.0277 e. The summed E-state index contributed by atoms with van der Waals surface area (Å²) in [7, 11) is 0. The molecule has 0 radical (unpaired) electrons. The second-order valence-electron chi connectivity index (χ2n) is 5.39. The van der Waals surface area contributed by atoms with Gasteiger partial charge in [-0.2, -0.15) is 0 Å². The van der Waals surface area contributed by atoms with E-state index < -0.39 is 0 Å². The molecule has 2 nitrogen and oxygen atoms in total. The van der Waals surface area contributed by atoms with Gasteiger partial charge in [-0.15, -0.1) is 0 Å². The first-order valence-corrected chi connectivity index (χ1v) is 6.62. The molecule has 1 aliphatic heterocycles. The van der Waals surface area contributed by atoms with Gasteiger partial charge in [0.25, 0.3) is 0 Å². The fraction of sp³-hybridized carbons (Fsp3) is 1.00. The molecule has 1 heterocycles. The Hall–Kier alpha value is -0.0800. The molecule has 1 saturated heterocycles. The van der Waals surface area contributed by atoms with Crippen molar-refractivity contribution >= 4 is 0 Å². The number of unbranched alkanes of at least 4 members (excludes halogenated alkanes) is 3. The molecule has 1 aliphatic rings. The Morgan fingerprint density at radius 3 is 2.73 bits per heavy atom. The first kappa shape index (κ1) is 13.0. The highest BCUT2D eigenvalue weighted by Gasteiger charge is 2.27. The third-order valence-electron chi connectivity index (χ3n) is 3.48. The molecule has 0 aromatic heterocycles. The van der Waals surface area contributed by atoms with Crippen molar-refractivity contribution in [2.45, 2.75) is 58.4 Å². The number of hydrogen-bond acceptors (Lipinski definition) is 2. The zero-order chi connectivity index (χ0) is 11.1. The van der Waals surface area contributed by atoms with Gasteiger partial charge in [0.1, 0.15) is 0 Å². The number of nitrogens with zero attached hydrogens (tertiary/aromatic N) is 1. The molecule has 0 bridgehead atoms. The van der Waals surface area contributed by atoms with Gasteiger partial charge < -0.3 is 5.32 Å². The monoisotopic (exact) mass is 212 g/mol. The fourth-order valence-corrected chi connectivity index (χ4v) is 2.35. The Morgan fingerprint density at radius 2 is 2.00 bits per heavy atom. The van der Waals surface area contributed by atoms with Gasteiger partial charge in [-0.25, -0.2) is 0 Å². The molecule has 0 aromatic carbocycles. The van der Waals surface area contributed by atoms with Crippen LogP contribution in [0.4, 0.5) is 0 Å². The van der Waals surface area contributed by atoms with Gasteiger partial charge in [-0.05, 0) is 46.3 Å². The van der Waals surface area contributed by atoms with Crippen LogP contribution in [-0.4, -0.2) is 36.6 Å². The third kappa shape index (κ3) is 4.52. The molecule has 0 atom stereocenters. The van der Waals surface area contributed by atoms with Crippen LogP contribution in [0.15, 0.2) is 0 Å². The summed E-state index contributed by atoms with van der Waals surface area (Å²) in [5, 5.41) is 3.53. The average molecular weight is 212 g/mol. The standard InChI is InChI=1S/C13H28N2/c1-4-5-6-7-10-15-11-8-9-14-12-13(15,2)3/h14H,4-12H2,1-3H3. The summed E-state index contributed by atoms with van der Waals surface area (Å²) in [5.41, 5.74) is 0.350. The summed E-state index contributed by atoms with van der Waals surface area (Å²) in [6, 6.07) is 0. The van der Waals surface area contributed by atoms with Crippen molar-refractivity contribution in [2.24, 2.45) is 0 Å². The van der Waals surface area contributed by atoms with Gasteiger partial charge >= 0.3 is 0 Å². The summed E-state index contributed by atoms with van der Waals surface area (Å²) in [6.45, 7) is 11.9. The topological polar surface area (TPSA) is 15.3 Å². The van der Waals surface area contributed by atoms with Crippen molar-refractivity contribution in [3.8, 4) is 0 Å². The Morgan fingerprint density at radius 1 is 1.20 bits per heavy atom. The minimum Gasteiger partial charge on any atom is -0.315 e. The fourth-order valence-electron chi connectivity index (χ4n) is 2.35. The van der Waals surface area contributed by atoms with E-state index in [-0.39, 0.29) is 0 Å². The number of hydrogen-bond donors (Lipinski definition) is 1. The van der Waals surface area contributed by atoms with Gasteiger partial charge in [-0.1, -0.05) is 26.2 Å². The van der Waals surface area contributed by atoms with Crippen LogP contribution in [-0.2, 0) is 0 Å². The van der Waals surface area contributed by atoms with Crippen LogP contribution in [0.25, 0.3) is 0 Å². The Kier molecular flexibility index (Phi) is 5.62. The Balaban J connectivity index is 2.29. The van der Waals surface area contributed by atoms with Crippen molar-refractivity contribution in [2.75, 3.05) is 26.2 Å². The highest BCUT2D eigenvalue weighted by atomic mass is 15.2.